The number of benzene rings is 3. The summed E-state index contributed by atoms with van der Waals surface area (Å²) in [5.41, 5.74) is 3.00. The van der Waals surface area contributed by atoms with Crippen LogP contribution in [0.5, 0.6) is 0 Å². The van der Waals surface area contributed by atoms with E-state index in [4.69, 9.17) is 4.74 Å². The normalized spacial score (nSPS) is 29.7. The van der Waals surface area contributed by atoms with E-state index in [0.717, 1.165) is 41.7 Å². The number of nitrogens with one attached hydrogen (secondary N) is 1. The molecule has 0 spiro atoms. The standard InChI is InChI=1S/C29H31N3O2/c1-32(20-26-27(34-26)22-11-5-2-6-12-22)18-17-25(19-32)31-21-29(30-28(31)33,23-13-7-3-8-14-23)24-15-9-4-10-16-24/h2-16,25-27H,17-21H2,1H3/p+1/t25?,26-,27-,32?/m1/s1. The first-order valence-electron chi connectivity index (χ1n) is 12.3. The monoisotopic (exact) mass is 454 g/mol. The molecule has 5 nitrogen and oxygen atoms in total. The van der Waals surface area contributed by atoms with Crippen LogP contribution in [0.3, 0.4) is 0 Å². The molecule has 2 amide bonds. The van der Waals surface area contributed by atoms with Crippen molar-refractivity contribution in [3.05, 3.63) is 108 Å². The third-order valence-electron chi connectivity index (χ3n) is 7.95. The van der Waals surface area contributed by atoms with Crippen molar-refractivity contribution in [2.24, 2.45) is 0 Å². The molecular weight excluding hydrogens is 422 g/mol. The average molecular weight is 455 g/mol. The number of carbonyl (C=O) groups is 1. The van der Waals surface area contributed by atoms with E-state index in [9.17, 15) is 4.79 Å². The number of likely N-dealkylation sites (N-methyl/N-ethyl adjacent to an activating group) is 1. The number of nitrogens with zero attached hydrogens (tertiary/aromatic N) is 2. The minimum absolute atomic E-state index is 0.0380. The number of carbonyl (C=O) groups excluding carboxylic acids is 1. The molecule has 3 aliphatic heterocycles. The van der Waals surface area contributed by atoms with Crippen LogP contribution in [-0.4, -0.2) is 60.8 Å². The first-order valence-corrected chi connectivity index (χ1v) is 12.3. The summed E-state index contributed by atoms with van der Waals surface area (Å²) in [6, 6.07) is 31.5. The number of amides is 2. The van der Waals surface area contributed by atoms with Gasteiger partial charge in [-0.3, -0.25) is 0 Å². The van der Waals surface area contributed by atoms with Gasteiger partial charge in [-0.1, -0.05) is 91.0 Å². The van der Waals surface area contributed by atoms with Crippen LogP contribution in [0.15, 0.2) is 91.0 Å². The second-order valence-electron chi connectivity index (χ2n) is 10.4. The number of urea groups is 1. The molecule has 3 aliphatic rings. The van der Waals surface area contributed by atoms with Gasteiger partial charge in [0.2, 0.25) is 0 Å². The van der Waals surface area contributed by atoms with Crippen molar-refractivity contribution in [1.82, 2.24) is 10.2 Å². The molecule has 174 valence electrons. The second kappa shape index (κ2) is 8.26. The minimum atomic E-state index is -0.524. The van der Waals surface area contributed by atoms with Gasteiger partial charge in [0.1, 0.15) is 24.3 Å². The first-order chi connectivity index (χ1) is 16.6. The fraction of sp³-hybridized carbons (Fsp3) is 0.345. The maximum absolute atomic E-state index is 13.4. The Balaban J connectivity index is 1.19. The fourth-order valence-electron chi connectivity index (χ4n) is 6.08. The van der Waals surface area contributed by atoms with E-state index in [0.29, 0.717) is 6.54 Å². The molecule has 2 unspecified atom stereocenters. The Bertz CT molecular complexity index is 1110. The van der Waals surface area contributed by atoms with Gasteiger partial charge in [0.05, 0.1) is 32.7 Å². The van der Waals surface area contributed by atoms with Crippen LogP contribution >= 0.6 is 0 Å². The van der Waals surface area contributed by atoms with Crippen LogP contribution in [0.25, 0.3) is 0 Å². The Morgan fingerprint density at radius 2 is 1.53 bits per heavy atom. The zero-order valence-corrected chi connectivity index (χ0v) is 19.6. The van der Waals surface area contributed by atoms with Crippen molar-refractivity contribution in [2.45, 2.75) is 30.2 Å². The number of quaternary nitrogens is 1. The Hall–Kier alpha value is -3.15. The van der Waals surface area contributed by atoms with Gasteiger partial charge in [0.15, 0.2) is 0 Å². The summed E-state index contributed by atoms with van der Waals surface area (Å²) in [5, 5.41) is 3.39. The summed E-state index contributed by atoms with van der Waals surface area (Å²) in [7, 11) is 2.32. The molecule has 0 saturated carbocycles. The summed E-state index contributed by atoms with van der Waals surface area (Å²) in [5.74, 6) is 0. The van der Waals surface area contributed by atoms with Gasteiger partial charge in [0, 0.05) is 6.42 Å². The maximum Gasteiger partial charge on any atom is 0.319 e. The fourth-order valence-corrected chi connectivity index (χ4v) is 6.08. The van der Waals surface area contributed by atoms with E-state index in [1.807, 2.05) is 18.2 Å². The van der Waals surface area contributed by atoms with Crippen molar-refractivity contribution in [1.29, 1.82) is 0 Å². The molecule has 3 heterocycles. The van der Waals surface area contributed by atoms with Crippen LogP contribution in [-0.2, 0) is 10.3 Å². The number of epoxide rings is 1. The Morgan fingerprint density at radius 1 is 0.941 bits per heavy atom. The number of ether oxygens (including phenoxy) is 1. The summed E-state index contributed by atoms with van der Waals surface area (Å²) < 4.78 is 7.00. The Labute approximate surface area is 201 Å². The SMILES string of the molecule is C[N+]1(C[C@H]2O[C@@H]2c2ccccc2)CCC(N2CC(c3ccccc3)(c3ccccc3)NC2=O)C1. The van der Waals surface area contributed by atoms with Crippen LogP contribution < -0.4 is 5.32 Å². The first kappa shape index (κ1) is 21.4. The average Bonchev–Trinajstić information content (AvgIpc) is 3.38. The van der Waals surface area contributed by atoms with Gasteiger partial charge in [-0.05, 0) is 16.7 Å². The van der Waals surface area contributed by atoms with E-state index >= 15 is 0 Å². The highest BCUT2D eigenvalue weighted by Crippen LogP contribution is 2.42. The molecular formula is C29H32N3O2+. The Morgan fingerprint density at radius 3 is 2.15 bits per heavy atom. The van der Waals surface area contributed by atoms with Crippen molar-refractivity contribution in [3.8, 4) is 0 Å². The lowest BCUT2D eigenvalue weighted by Gasteiger charge is -2.32. The molecule has 34 heavy (non-hydrogen) atoms. The summed E-state index contributed by atoms with van der Waals surface area (Å²) >= 11 is 0. The van der Waals surface area contributed by atoms with E-state index in [2.05, 4.69) is 90.1 Å². The summed E-state index contributed by atoms with van der Waals surface area (Å²) in [6.45, 7) is 3.68. The van der Waals surface area contributed by atoms with Gasteiger partial charge in [-0.2, -0.15) is 0 Å². The Kier molecular flexibility index (Phi) is 5.19. The van der Waals surface area contributed by atoms with E-state index in [1.54, 1.807) is 0 Å². The van der Waals surface area contributed by atoms with Crippen LogP contribution in [0.4, 0.5) is 4.79 Å². The van der Waals surface area contributed by atoms with Crippen molar-refractivity contribution >= 4 is 6.03 Å². The zero-order chi connectivity index (χ0) is 23.2. The predicted molar refractivity (Wildman–Crippen MR) is 132 cm³/mol. The number of hydrogen-bond donors (Lipinski definition) is 1. The van der Waals surface area contributed by atoms with E-state index in [1.165, 1.54) is 5.56 Å². The topological polar surface area (TPSA) is 44.9 Å². The van der Waals surface area contributed by atoms with Crippen molar-refractivity contribution < 1.29 is 14.0 Å². The highest BCUT2D eigenvalue weighted by Gasteiger charge is 2.52. The lowest BCUT2D eigenvalue weighted by atomic mass is 9.83. The molecule has 5 heteroatoms. The van der Waals surface area contributed by atoms with Crippen LogP contribution in [0.2, 0.25) is 0 Å². The highest BCUT2D eigenvalue weighted by molar-refractivity contribution is 5.80. The minimum Gasteiger partial charge on any atom is -0.358 e. The molecule has 0 radical (unpaired) electrons. The number of hydrogen-bond acceptors (Lipinski definition) is 2. The lowest BCUT2D eigenvalue weighted by molar-refractivity contribution is -0.898. The molecule has 3 aromatic carbocycles. The van der Waals surface area contributed by atoms with Crippen LogP contribution in [0.1, 0.15) is 29.2 Å². The predicted octanol–water partition coefficient (Wildman–Crippen LogP) is 4.31. The quantitative estimate of drug-likeness (QED) is 0.446. The largest absolute Gasteiger partial charge is 0.358 e. The van der Waals surface area contributed by atoms with Crippen LogP contribution in [0, 0.1) is 0 Å². The third-order valence-corrected chi connectivity index (χ3v) is 7.95. The van der Waals surface area contributed by atoms with Crippen molar-refractivity contribution in [3.63, 3.8) is 0 Å². The molecule has 3 saturated heterocycles. The molecule has 3 fully saturated rings. The molecule has 6 rings (SSSR count). The number of likely N-dealkylation sites (tertiary alicyclic amines) is 1. The molecule has 0 aliphatic carbocycles. The molecule has 0 aromatic heterocycles. The zero-order valence-electron chi connectivity index (χ0n) is 19.6. The van der Waals surface area contributed by atoms with Gasteiger partial charge in [0.25, 0.3) is 0 Å². The van der Waals surface area contributed by atoms with Crippen molar-refractivity contribution in [2.75, 3.05) is 33.2 Å². The van der Waals surface area contributed by atoms with Gasteiger partial charge in [-0.15, -0.1) is 0 Å². The lowest BCUT2D eigenvalue weighted by Crippen LogP contribution is -2.48. The highest BCUT2D eigenvalue weighted by atomic mass is 16.6. The second-order valence-corrected chi connectivity index (χ2v) is 10.4. The van der Waals surface area contributed by atoms with E-state index < -0.39 is 5.54 Å². The van der Waals surface area contributed by atoms with E-state index in [-0.39, 0.29) is 24.3 Å². The molecule has 0 bridgehead atoms. The maximum atomic E-state index is 13.4. The molecule has 4 atom stereocenters. The molecule has 1 N–H and O–H groups in total. The van der Waals surface area contributed by atoms with Gasteiger partial charge >= 0.3 is 6.03 Å². The smallest absolute Gasteiger partial charge is 0.319 e. The summed E-state index contributed by atoms with van der Waals surface area (Å²) in [4.78, 5) is 15.5. The molecule has 3 aromatic rings. The number of rotatable bonds is 6. The third kappa shape index (κ3) is 3.79. The van der Waals surface area contributed by atoms with Gasteiger partial charge < -0.3 is 19.4 Å². The van der Waals surface area contributed by atoms with Gasteiger partial charge in [-0.25, -0.2) is 4.79 Å². The summed E-state index contributed by atoms with van der Waals surface area (Å²) in [6.07, 6.45) is 1.51.